The van der Waals surface area contributed by atoms with Gasteiger partial charge in [-0.2, -0.15) is 0 Å². The van der Waals surface area contributed by atoms with Gasteiger partial charge >= 0.3 is 0 Å². The second-order valence-electron chi connectivity index (χ2n) is 6.18. The number of aryl methyl sites for hydroxylation is 1. The second kappa shape index (κ2) is 7.91. The van der Waals surface area contributed by atoms with Gasteiger partial charge in [-0.1, -0.05) is 68.5 Å². The first kappa shape index (κ1) is 15.7. The van der Waals surface area contributed by atoms with Crippen molar-refractivity contribution in [3.8, 4) is 5.69 Å². The van der Waals surface area contributed by atoms with Gasteiger partial charge in [0.2, 0.25) is 0 Å². The van der Waals surface area contributed by atoms with Gasteiger partial charge in [0.05, 0.1) is 11.2 Å². The van der Waals surface area contributed by atoms with E-state index in [0.717, 1.165) is 23.1 Å². The summed E-state index contributed by atoms with van der Waals surface area (Å²) in [4.78, 5) is 0. The molecule has 3 rings (SSSR count). The highest BCUT2D eigenvalue weighted by Crippen LogP contribution is 2.18. The summed E-state index contributed by atoms with van der Waals surface area (Å²) in [7, 11) is 0. The Hall–Kier alpha value is -2.16. The van der Waals surface area contributed by atoms with Crippen molar-refractivity contribution in [3.63, 3.8) is 0 Å². The molecule has 3 nitrogen and oxygen atoms in total. The van der Waals surface area contributed by atoms with Gasteiger partial charge in [0.1, 0.15) is 5.52 Å². The molecule has 0 amide bonds. The highest BCUT2D eigenvalue weighted by atomic mass is 15.4. The predicted octanol–water partition coefficient (Wildman–Crippen LogP) is 5.32. The molecule has 0 radical (unpaired) electrons. The van der Waals surface area contributed by atoms with Crippen molar-refractivity contribution < 1.29 is 0 Å². The summed E-state index contributed by atoms with van der Waals surface area (Å²) in [6.07, 6.45) is 9.17. The summed E-state index contributed by atoms with van der Waals surface area (Å²) in [6.45, 7) is 2.26. The molecule has 0 aliphatic rings. The van der Waals surface area contributed by atoms with E-state index >= 15 is 0 Å². The Bertz CT molecular complexity index is 745. The van der Waals surface area contributed by atoms with E-state index in [0.29, 0.717) is 0 Å². The van der Waals surface area contributed by atoms with Crippen molar-refractivity contribution in [2.45, 2.75) is 51.9 Å². The molecule has 1 heterocycles. The largest absolute Gasteiger partial charge is 0.213 e. The lowest BCUT2D eigenvalue weighted by molar-refractivity contribution is 0.607. The van der Waals surface area contributed by atoms with E-state index in [4.69, 9.17) is 0 Å². The number of nitrogens with zero attached hydrogens (tertiary/aromatic N) is 3. The van der Waals surface area contributed by atoms with Crippen LogP contribution in [0.2, 0.25) is 0 Å². The van der Waals surface area contributed by atoms with Crippen molar-refractivity contribution in [2.75, 3.05) is 0 Å². The zero-order chi connectivity index (χ0) is 15.9. The molecule has 0 saturated carbocycles. The third kappa shape index (κ3) is 3.98. The Balaban J connectivity index is 1.66. The Morgan fingerprint density at radius 1 is 0.870 bits per heavy atom. The average Bonchev–Trinajstić information content (AvgIpc) is 3.02. The van der Waals surface area contributed by atoms with Crippen LogP contribution in [0.1, 0.15) is 51.0 Å². The fraction of sp³-hybridized carbons (Fsp3) is 0.400. The lowest BCUT2D eigenvalue weighted by Gasteiger charge is -2.06. The molecule has 0 N–H and O–H groups in total. The molecule has 0 aliphatic heterocycles. The van der Waals surface area contributed by atoms with E-state index in [2.05, 4.69) is 47.6 Å². The molecular formula is C20H25N3. The van der Waals surface area contributed by atoms with E-state index in [1.54, 1.807) is 0 Å². The predicted molar refractivity (Wildman–Crippen MR) is 95.9 cm³/mol. The van der Waals surface area contributed by atoms with E-state index in [9.17, 15) is 0 Å². The number of hydrogen-bond acceptors (Lipinski definition) is 2. The maximum atomic E-state index is 4.30. The molecule has 1 aromatic heterocycles. The maximum absolute atomic E-state index is 4.30. The summed E-state index contributed by atoms with van der Waals surface area (Å²) in [6, 6.07) is 16.8. The van der Waals surface area contributed by atoms with Gasteiger partial charge in [-0.25, -0.2) is 4.68 Å². The van der Waals surface area contributed by atoms with Crippen LogP contribution in [0.25, 0.3) is 16.7 Å². The summed E-state index contributed by atoms with van der Waals surface area (Å²) in [5, 5.41) is 8.55. The number of unbranched alkanes of at least 4 members (excludes halogenated alkanes) is 5. The molecule has 0 bridgehead atoms. The Morgan fingerprint density at radius 3 is 2.61 bits per heavy atom. The van der Waals surface area contributed by atoms with Gasteiger partial charge in [0, 0.05) is 0 Å². The first-order valence-corrected chi connectivity index (χ1v) is 8.78. The fourth-order valence-corrected chi connectivity index (χ4v) is 3.01. The molecule has 3 aromatic rings. The normalized spacial score (nSPS) is 11.2. The van der Waals surface area contributed by atoms with Crippen molar-refractivity contribution >= 4 is 11.0 Å². The maximum Gasteiger partial charge on any atom is 0.113 e. The van der Waals surface area contributed by atoms with Crippen molar-refractivity contribution in [1.29, 1.82) is 0 Å². The molecule has 0 atom stereocenters. The summed E-state index contributed by atoms with van der Waals surface area (Å²) < 4.78 is 1.93. The third-order valence-corrected chi connectivity index (χ3v) is 4.33. The highest BCUT2D eigenvalue weighted by molar-refractivity contribution is 5.75. The minimum Gasteiger partial charge on any atom is -0.213 e. The average molecular weight is 307 g/mol. The Labute approximate surface area is 138 Å². The minimum atomic E-state index is 0.939. The molecule has 0 aliphatic carbocycles. The fourth-order valence-electron chi connectivity index (χ4n) is 3.01. The number of para-hydroxylation sites is 1. The lowest BCUT2D eigenvalue weighted by atomic mass is 10.0. The number of benzene rings is 2. The van der Waals surface area contributed by atoms with Crippen LogP contribution in [-0.4, -0.2) is 15.0 Å². The summed E-state index contributed by atoms with van der Waals surface area (Å²) in [5.74, 6) is 0. The van der Waals surface area contributed by atoms with Gasteiger partial charge < -0.3 is 0 Å². The highest BCUT2D eigenvalue weighted by Gasteiger charge is 2.06. The Morgan fingerprint density at radius 2 is 1.70 bits per heavy atom. The van der Waals surface area contributed by atoms with Crippen LogP contribution in [0.15, 0.2) is 48.5 Å². The van der Waals surface area contributed by atoms with Gasteiger partial charge in [-0.3, -0.25) is 0 Å². The zero-order valence-electron chi connectivity index (χ0n) is 13.9. The molecule has 23 heavy (non-hydrogen) atoms. The Kier molecular flexibility index (Phi) is 5.41. The van der Waals surface area contributed by atoms with E-state index in [1.165, 1.54) is 44.1 Å². The van der Waals surface area contributed by atoms with Crippen LogP contribution >= 0.6 is 0 Å². The number of fused-ring (bicyclic) bond motifs is 1. The van der Waals surface area contributed by atoms with E-state index in [-0.39, 0.29) is 0 Å². The van der Waals surface area contributed by atoms with Crippen LogP contribution < -0.4 is 0 Å². The van der Waals surface area contributed by atoms with Gasteiger partial charge in [0.15, 0.2) is 0 Å². The molecule has 0 saturated heterocycles. The number of aromatic nitrogens is 3. The number of rotatable bonds is 8. The quantitative estimate of drug-likeness (QED) is 0.527. The third-order valence-electron chi connectivity index (χ3n) is 4.33. The summed E-state index contributed by atoms with van der Waals surface area (Å²) >= 11 is 0. The van der Waals surface area contributed by atoms with Gasteiger partial charge in [-0.05, 0) is 42.7 Å². The zero-order valence-corrected chi connectivity index (χ0v) is 13.9. The first-order chi connectivity index (χ1) is 11.4. The molecule has 0 fully saturated rings. The van der Waals surface area contributed by atoms with Crippen molar-refractivity contribution in [3.05, 3.63) is 54.1 Å². The van der Waals surface area contributed by atoms with Gasteiger partial charge in [-0.15, -0.1) is 5.10 Å². The summed E-state index contributed by atoms with van der Waals surface area (Å²) in [5.41, 5.74) is 4.48. The lowest BCUT2D eigenvalue weighted by Crippen LogP contribution is -1.98. The topological polar surface area (TPSA) is 30.7 Å². The van der Waals surface area contributed by atoms with Crippen LogP contribution in [-0.2, 0) is 6.42 Å². The standard InChI is InChI=1S/C20H25N3/c1-2-3-4-5-6-7-11-17-12-10-13-18(16-17)23-20-15-9-8-14-19(20)21-22-23/h8-10,12-16H,2-7,11H2,1H3. The van der Waals surface area contributed by atoms with Crippen molar-refractivity contribution in [1.82, 2.24) is 15.0 Å². The first-order valence-electron chi connectivity index (χ1n) is 8.78. The van der Waals surface area contributed by atoms with Crippen molar-refractivity contribution in [2.24, 2.45) is 0 Å². The smallest absolute Gasteiger partial charge is 0.113 e. The van der Waals surface area contributed by atoms with Crippen LogP contribution in [0.3, 0.4) is 0 Å². The second-order valence-corrected chi connectivity index (χ2v) is 6.18. The molecule has 2 aromatic carbocycles. The minimum absolute atomic E-state index is 0.939. The molecule has 0 unspecified atom stereocenters. The van der Waals surface area contributed by atoms with Gasteiger partial charge in [0.25, 0.3) is 0 Å². The van der Waals surface area contributed by atoms with Crippen LogP contribution in [0, 0.1) is 0 Å². The molecule has 120 valence electrons. The SMILES string of the molecule is CCCCCCCCc1cccc(-n2nnc3ccccc32)c1. The number of hydrogen-bond donors (Lipinski definition) is 0. The van der Waals surface area contributed by atoms with Crippen LogP contribution in [0.5, 0.6) is 0 Å². The van der Waals surface area contributed by atoms with E-state index in [1.807, 2.05) is 22.9 Å². The van der Waals surface area contributed by atoms with Crippen LogP contribution in [0.4, 0.5) is 0 Å². The molecule has 0 spiro atoms. The monoisotopic (exact) mass is 307 g/mol. The van der Waals surface area contributed by atoms with E-state index < -0.39 is 0 Å². The molecule has 3 heteroatoms. The molecular weight excluding hydrogens is 282 g/mol.